The van der Waals surface area contributed by atoms with Crippen molar-refractivity contribution >= 4 is 11.9 Å². The number of carbonyl (C=O) groups excluding carboxylic acids is 1. The summed E-state index contributed by atoms with van der Waals surface area (Å²) in [6, 6.07) is 0. The molecule has 0 heterocycles. The second-order valence-electron chi connectivity index (χ2n) is 4.89. The fourth-order valence-electron chi connectivity index (χ4n) is 1.17. The zero-order valence-electron chi connectivity index (χ0n) is 11.7. The quantitative estimate of drug-likeness (QED) is 0.755. The van der Waals surface area contributed by atoms with Crippen LogP contribution in [0.1, 0.15) is 53.9 Å². The zero-order chi connectivity index (χ0) is 14.0. The number of primary amides is 1. The number of carboxylic acids is 1. The lowest BCUT2D eigenvalue weighted by Crippen LogP contribution is -2.19. The fraction of sp³-hybridized carbons (Fsp3) is 0.846. The second-order valence-corrected chi connectivity index (χ2v) is 4.89. The van der Waals surface area contributed by atoms with E-state index in [0.717, 1.165) is 19.3 Å². The largest absolute Gasteiger partial charge is 0.481 e. The van der Waals surface area contributed by atoms with Gasteiger partial charge in [-0.3, -0.25) is 9.59 Å². The van der Waals surface area contributed by atoms with E-state index in [1.165, 1.54) is 0 Å². The standard InChI is InChI=1S/C9H18O2.C4H9NO/c1-4-5-6-8(7(2)3)9(10)11;1-3(2)4(5)6/h7-8H,4-6H2,1-3H3,(H,10,11);3H,1-2H3,(H2,5,6). The maximum absolute atomic E-state index is 10.6. The van der Waals surface area contributed by atoms with E-state index < -0.39 is 5.97 Å². The minimum absolute atomic E-state index is 0.00926. The maximum Gasteiger partial charge on any atom is 0.306 e. The van der Waals surface area contributed by atoms with Crippen LogP contribution >= 0.6 is 0 Å². The van der Waals surface area contributed by atoms with Gasteiger partial charge in [0.2, 0.25) is 5.91 Å². The summed E-state index contributed by atoms with van der Waals surface area (Å²) < 4.78 is 0. The molecule has 0 saturated carbocycles. The number of carboxylic acid groups (broad SMARTS) is 1. The number of nitrogens with two attached hydrogens (primary N) is 1. The molecule has 0 radical (unpaired) electrons. The molecule has 1 unspecified atom stereocenters. The minimum Gasteiger partial charge on any atom is -0.481 e. The molecule has 0 fully saturated rings. The van der Waals surface area contributed by atoms with Crippen molar-refractivity contribution in [2.45, 2.75) is 53.9 Å². The topological polar surface area (TPSA) is 80.4 Å². The molecule has 1 amide bonds. The third kappa shape index (κ3) is 11.2. The predicted molar refractivity (Wildman–Crippen MR) is 69.5 cm³/mol. The highest BCUT2D eigenvalue weighted by Crippen LogP contribution is 2.17. The Morgan fingerprint density at radius 2 is 1.59 bits per heavy atom. The molecule has 0 aromatic heterocycles. The second kappa shape index (κ2) is 10.1. The van der Waals surface area contributed by atoms with Gasteiger partial charge in [0.1, 0.15) is 0 Å². The molecule has 17 heavy (non-hydrogen) atoms. The Hall–Kier alpha value is -1.06. The molecule has 0 aliphatic rings. The summed E-state index contributed by atoms with van der Waals surface area (Å²) in [4.78, 5) is 20.6. The van der Waals surface area contributed by atoms with E-state index in [4.69, 9.17) is 10.8 Å². The van der Waals surface area contributed by atoms with Gasteiger partial charge in [0.15, 0.2) is 0 Å². The van der Waals surface area contributed by atoms with Crippen LogP contribution in [0.4, 0.5) is 0 Å². The Balaban J connectivity index is 0. The summed E-state index contributed by atoms with van der Waals surface area (Å²) in [7, 11) is 0. The number of amides is 1. The first-order valence-corrected chi connectivity index (χ1v) is 6.26. The van der Waals surface area contributed by atoms with E-state index in [-0.39, 0.29) is 23.7 Å². The summed E-state index contributed by atoms with van der Waals surface area (Å²) in [5.74, 6) is -0.776. The van der Waals surface area contributed by atoms with Gasteiger partial charge >= 0.3 is 5.97 Å². The average Bonchev–Trinajstić information content (AvgIpc) is 2.17. The van der Waals surface area contributed by atoms with Crippen molar-refractivity contribution in [2.24, 2.45) is 23.5 Å². The van der Waals surface area contributed by atoms with Crippen LogP contribution in [0.15, 0.2) is 0 Å². The SMILES string of the molecule is CC(C)C(N)=O.CCCCC(C(=O)O)C(C)C. The van der Waals surface area contributed by atoms with Crippen molar-refractivity contribution in [2.75, 3.05) is 0 Å². The summed E-state index contributed by atoms with van der Waals surface area (Å²) in [5.41, 5.74) is 4.80. The molecule has 0 bridgehead atoms. The number of hydrogen-bond acceptors (Lipinski definition) is 2. The first kappa shape index (κ1) is 18.3. The van der Waals surface area contributed by atoms with Crippen molar-refractivity contribution in [3.8, 4) is 0 Å². The van der Waals surface area contributed by atoms with Crippen molar-refractivity contribution < 1.29 is 14.7 Å². The Labute approximate surface area is 105 Å². The van der Waals surface area contributed by atoms with E-state index in [9.17, 15) is 9.59 Å². The molecule has 102 valence electrons. The first-order valence-electron chi connectivity index (χ1n) is 6.26. The minimum atomic E-state index is -0.645. The van der Waals surface area contributed by atoms with Gasteiger partial charge in [0.05, 0.1) is 5.92 Å². The monoisotopic (exact) mass is 245 g/mol. The molecular formula is C13H27NO3. The molecule has 0 spiro atoms. The highest BCUT2D eigenvalue weighted by atomic mass is 16.4. The lowest BCUT2D eigenvalue weighted by molar-refractivity contribution is -0.143. The molecule has 4 heteroatoms. The zero-order valence-corrected chi connectivity index (χ0v) is 11.7. The van der Waals surface area contributed by atoms with E-state index in [1.54, 1.807) is 13.8 Å². The molecule has 0 aromatic carbocycles. The summed E-state index contributed by atoms with van der Waals surface area (Å²) in [6.45, 7) is 9.55. The van der Waals surface area contributed by atoms with Gasteiger partial charge in [-0.1, -0.05) is 47.5 Å². The van der Waals surface area contributed by atoms with E-state index >= 15 is 0 Å². The smallest absolute Gasteiger partial charge is 0.306 e. The van der Waals surface area contributed by atoms with E-state index in [0.29, 0.717) is 0 Å². The van der Waals surface area contributed by atoms with Crippen LogP contribution in [-0.2, 0) is 9.59 Å². The highest BCUT2D eigenvalue weighted by Gasteiger charge is 2.19. The highest BCUT2D eigenvalue weighted by molar-refractivity contribution is 5.75. The van der Waals surface area contributed by atoms with Gasteiger partial charge < -0.3 is 10.8 Å². The normalized spacial score (nSPS) is 11.9. The van der Waals surface area contributed by atoms with Crippen LogP contribution in [0.5, 0.6) is 0 Å². The summed E-state index contributed by atoms with van der Waals surface area (Å²) in [6.07, 6.45) is 2.93. The van der Waals surface area contributed by atoms with Crippen molar-refractivity contribution in [3.05, 3.63) is 0 Å². The first-order chi connectivity index (χ1) is 7.73. The van der Waals surface area contributed by atoms with E-state index in [2.05, 4.69) is 6.92 Å². The Morgan fingerprint density at radius 3 is 1.76 bits per heavy atom. The lowest BCUT2D eigenvalue weighted by atomic mass is 9.91. The van der Waals surface area contributed by atoms with E-state index in [1.807, 2.05) is 13.8 Å². The van der Waals surface area contributed by atoms with Crippen LogP contribution in [0.2, 0.25) is 0 Å². The van der Waals surface area contributed by atoms with Crippen molar-refractivity contribution in [1.82, 2.24) is 0 Å². The molecule has 0 aliphatic carbocycles. The van der Waals surface area contributed by atoms with Crippen LogP contribution in [-0.4, -0.2) is 17.0 Å². The van der Waals surface area contributed by atoms with Gasteiger partial charge in [-0.15, -0.1) is 0 Å². The van der Waals surface area contributed by atoms with Crippen LogP contribution in [0.3, 0.4) is 0 Å². The van der Waals surface area contributed by atoms with Crippen molar-refractivity contribution in [3.63, 3.8) is 0 Å². The third-order valence-electron chi connectivity index (χ3n) is 2.56. The summed E-state index contributed by atoms with van der Waals surface area (Å²) >= 11 is 0. The van der Waals surface area contributed by atoms with Gasteiger partial charge in [0.25, 0.3) is 0 Å². The Kier molecular flexibility index (Phi) is 10.9. The average molecular weight is 245 g/mol. The van der Waals surface area contributed by atoms with Gasteiger partial charge in [0, 0.05) is 5.92 Å². The number of hydrogen-bond donors (Lipinski definition) is 2. The number of carbonyl (C=O) groups is 2. The number of unbranched alkanes of at least 4 members (excludes halogenated alkanes) is 1. The van der Waals surface area contributed by atoms with Crippen LogP contribution in [0.25, 0.3) is 0 Å². The van der Waals surface area contributed by atoms with Crippen LogP contribution < -0.4 is 5.73 Å². The maximum atomic E-state index is 10.6. The molecule has 0 aromatic rings. The number of aliphatic carboxylic acids is 1. The lowest BCUT2D eigenvalue weighted by Gasteiger charge is -2.14. The third-order valence-corrected chi connectivity index (χ3v) is 2.56. The Morgan fingerprint density at radius 1 is 1.18 bits per heavy atom. The van der Waals surface area contributed by atoms with Crippen LogP contribution in [0, 0.1) is 17.8 Å². The molecular weight excluding hydrogens is 218 g/mol. The predicted octanol–water partition coefficient (Wildman–Crippen LogP) is 2.66. The molecule has 0 rings (SSSR count). The van der Waals surface area contributed by atoms with Crippen molar-refractivity contribution in [1.29, 1.82) is 0 Å². The molecule has 1 atom stereocenters. The molecule has 4 nitrogen and oxygen atoms in total. The molecule has 0 aliphatic heterocycles. The number of rotatable bonds is 6. The molecule has 3 N–H and O–H groups in total. The Bertz CT molecular complexity index is 225. The van der Waals surface area contributed by atoms with Gasteiger partial charge in [-0.05, 0) is 12.3 Å². The van der Waals surface area contributed by atoms with Gasteiger partial charge in [-0.2, -0.15) is 0 Å². The molecule has 0 saturated heterocycles. The van der Waals surface area contributed by atoms with Gasteiger partial charge in [-0.25, -0.2) is 0 Å². The fourth-order valence-corrected chi connectivity index (χ4v) is 1.17. The summed E-state index contributed by atoms with van der Waals surface area (Å²) in [5, 5.41) is 8.77.